The zero-order chi connectivity index (χ0) is 19.7. The molecule has 0 heterocycles. The van der Waals surface area contributed by atoms with E-state index in [9.17, 15) is 17.6 Å². The van der Waals surface area contributed by atoms with Gasteiger partial charge in [-0.25, -0.2) is 27.6 Å². The smallest absolute Gasteiger partial charge is 0.165 e. The highest BCUT2D eigenvalue weighted by Gasteiger charge is 3.03. The standard InChI is InChI=1S/C22H26F4S2/c1-28(2,8-6-27)7-4-10-20(25)18(23)9(19(24)21(10)26)3-5-22-15-12-11-13(15)17(22)14(11)16(12)22/h11-17,27H,3-8H2,1-2H3. The highest BCUT2D eigenvalue weighted by atomic mass is 32.3. The Balaban J connectivity index is 1.20. The lowest BCUT2D eigenvalue weighted by Crippen LogP contribution is -3.05. The normalized spacial score (nSPS) is 43.3. The van der Waals surface area contributed by atoms with E-state index in [4.69, 9.17) is 0 Å². The van der Waals surface area contributed by atoms with Crippen LogP contribution in [0, 0.1) is 70.1 Å². The summed E-state index contributed by atoms with van der Waals surface area (Å²) in [7, 11) is -1.08. The highest BCUT2D eigenvalue weighted by molar-refractivity contribution is 8.32. The molecule has 6 aliphatic carbocycles. The van der Waals surface area contributed by atoms with Gasteiger partial charge in [0.15, 0.2) is 23.3 Å². The van der Waals surface area contributed by atoms with Gasteiger partial charge in [-0.1, -0.05) is 0 Å². The lowest BCUT2D eigenvalue weighted by atomic mass is 8.96. The van der Waals surface area contributed by atoms with Gasteiger partial charge in [0.1, 0.15) is 0 Å². The van der Waals surface area contributed by atoms with Gasteiger partial charge in [0, 0.05) is 11.1 Å². The van der Waals surface area contributed by atoms with E-state index in [1.165, 1.54) is 0 Å². The van der Waals surface area contributed by atoms with Crippen LogP contribution in [-0.2, 0) is 12.8 Å². The fourth-order valence-electron chi connectivity index (χ4n) is 8.40. The van der Waals surface area contributed by atoms with Crippen LogP contribution < -0.4 is 0 Å². The van der Waals surface area contributed by atoms with Crippen LogP contribution in [0.4, 0.5) is 17.6 Å². The van der Waals surface area contributed by atoms with E-state index in [2.05, 4.69) is 25.1 Å². The van der Waals surface area contributed by atoms with Gasteiger partial charge in [0.2, 0.25) is 0 Å². The van der Waals surface area contributed by atoms with Gasteiger partial charge in [-0.15, -0.1) is 0 Å². The van der Waals surface area contributed by atoms with E-state index in [-0.39, 0.29) is 18.4 Å². The van der Waals surface area contributed by atoms with Crippen molar-refractivity contribution in [2.24, 2.45) is 46.8 Å². The van der Waals surface area contributed by atoms with Crippen molar-refractivity contribution in [3.63, 3.8) is 0 Å². The molecule has 1 aromatic carbocycles. The van der Waals surface area contributed by atoms with Crippen molar-refractivity contribution in [2.45, 2.75) is 19.3 Å². The second-order valence-electron chi connectivity index (χ2n) is 10.4. The predicted octanol–water partition coefficient (Wildman–Crippen LogP) is 5.08. The largest absolute Gasteiger partial charge is 0.246 e. The number of rotatable bonds is 8. The summed E-state index contributed by atoms with van der Waals surface area (Å²) < 4.78 is 58.7. The average molecular weight is 431 g/mol. The molecule has 0 spiro atoms. The molecule has 0 bridgehead atoms. The number of benzene rings is 1. The molecular weight excluding hydrogens is 404 g/mol. The fourth-order valence-corrected chi connectivity index (χ4v) is 11.3. The first kappa shape index (κ1) is 18.4. The number of hydrogen-bond acceptors (Lipinski definition) is 1. The Bertz CT molecular complexity index is 815. The fraction of sp³-hybridized carbons (Fsp3) is 0.727. The van der Waals surface area contributed by atoms with Gasteiger partial charge in [-0.05, 0) is 95.9 Å². The number of thiol groups is 1. The molecule has 0 nitrogen and oxygen atoms in total. The van der Waals surface area contributed by atoms with E-state index >= 15 is 0 Å². The third kappa shape index (κ3) is 1.78. The van der Waals surface area contributed by atoms with E-state index in [0.29, 0.717) is 23.3 Å². The summed E-state index contributed by atoms with van der Waals surface area (Å²) in [5.74, 6) is 3.42. The molecule has 6 aliphatic rings. The van der Waals surface area contributed by atoms with Gasteiger partial charge in [0.05, 0.1) is 0 Å². The summed E-state index contributed by atoms with van der Waals surface area (Å²) in [6.07, 6.45) is 4.98. The first-order chi connectivity index (χ1) is 13.3. The van der Waals surface area contributed by atoms with Crippen LogP contribution in [0.1, 0.15) is 17.5 Å². The third-order valence-electron chi connectivity index (χ3n) is 9.48. The zero-order valence-corrected chi connectivity index (χ0v) is 17.9. The van der Waals surface area contributed by atoms with E-state index in [1.807, 2.05) is 0 Å². The van der Waals surface area contributed by atoms with Crippen molar-refractivity contribution in [2.75, 3.05) is 29.8 Å². The minimum absolute atomic E-state index is 0.0322. The molecule has 0 saturated heterocycles. The molecule has 0 unspecified atom stereocenters. The summed E-state index contributed by atoms with van der Waals surface area (Å²) in [5.41, 5.74) is -0.496. The molecule has 0 amide bonds. The summed E-state index contributed by atoms with van der Waals surface area (Å²) in [5, 5.41) is 0. The van der Waals surface area contributed by atoms with Crippen molar-refractivity contribution in [3.8, 4) is 0 Å². The maximum atomic E-state index is 14.7. The molecule has 0 aliphatic heterocycles. The van der Waals surface area contributed by atoms with Crippen LogP contribution in [-0.4, -0.2) is 29.8 Å². The van der Waals surface area contributed by atoms with E-state index < -0.39 is 38.9 Å². The Morgan fingerprint density at radius 1 is 0.750 bits per heavy atom. The summed E-state index contributed by atoms with van der Waals surface area (Å²) >= 11 is 4.22. The molecule has 6 saturated carbocycles. The Kier molecular flexibility index (Phi) is 3.59. The van der Waals surface area contributed by atoms with Crippen LogP contribution >= 0.6 is 22.7 Å². The van der Waals surface area contributed by atoms with Crippen LogP contribution in [0.3, 0.4) is 0 Å². The van der Waals surface area contributed by atoms with Crippen LogP contribution in [0.5, 0.6) is 0 Å². The van der Waals surface area contributed by atoms with Gasteiger partial charge in [-0.2, -0.15) is 12.6 Å². The first-order valence-corrected chi connectivity index (χ1v) is 13.8. The lowest BCUT2D eigenvalue weighted by molar-refractivity contribution is -0.616. The van der Waals surface area contributed by atoms with Crippen molar-refractivity contribution < 1.29 is 17.6 Å². The summed E-state index contributed by atoms with van der Waals surface area (Å²) in [6.45, 7) is 0. The monoisotopic (exact) mass is 430 g/mol. The molecule has 1 aromatic rings. The maximum absolute atomic E-state index is 14.7. The highest BCUT2D eigenvalue weighted by Crippen LogP contribution is 3.06. The van der Waals surface area contributed by atoms with Crippen LogP contribution in [0.2, 0.25) is 0 Å². The molecule has 6 fully saturated rings. The summed E-state index contributed by atoms with van der Waals surface area (Å²) in [4.78, 5) is 0. The Morgan fingerprint density at radius 3 is 1.68 bits per heavy atom. The van der Waals surface area contributed by atoms with Crippen molar-refractivity contribution in [1.29, 1.82) is 0 Å². The predicted molar refractivity (Wildman–Crippen MR) is 108 cm³/mol. The second kappa shape index (κ2) is 5.46. The zero-order valence-electron chi connectivity index (χ0n) is 16.2. The Morgan fingerprint density at radius 2 is 1.21 bits per heavy atom. The number of halogens is 4. The lowest BCUT2D eigenvalue weighted by Gasteiger charge is -3.08. The topological polar surface area (TPSA) is 0 Å². The third-order valence-corrected chi connectivity index (χ3v) is 12.6. The van der Waals surface area contributed by atoms with E-state index in [0.717, 1.165) is 47.2 Å². The van der Waals surface area contributed by atoms with Crippen molar-refractivity contribution >= 4 is 22.7 Å². The number of hydrogen-bond donors (Lipinski definition) is 1. The molecule has 0 radical (unpaired) electrons. The van der Waals surface area contributed by atoms with Crippen LogP contribution in [0.15, 0.2) is 0 Å². The molecular formula is C22H26F4S2. The molecule has 0 N–H and O–H groups in total. The second-order valence-corrected chi connectivity index (χ2v) is 15.2. The maximum Gasteiger partial charge on any atom is 0.165 e. The Labute approximate surface area is 170 Å². The minimum atomic E-state index is -1.18. The molecule has 154 valence electrons. The van der Waals surface area contributed by atoms with E-state index in [1.54, 1.807) is 0 Å². The SMILES string of the molecule is CS(C)(CCS)CCc1c(F)c(F)c(CCC23C4C5C6C4C2C6C53)c(F)c1F. The minimum Gasteiger partial charge on any atom is -0.246 e. The molecule has 28 heavy (non-hydrogen) atoms. The molecule has 0 atom stereocenters. The van der Waals surface area contributed by atoms with Crippen LogP contribution in [0.25, 0.3) is 0 Å². The van der Waals surface area contributed by atoms with Crippen molar-refractivity contribution in [3.05, 3.63) is 34.4 Å². The Hall–Kier alpha value is -0.360. The molecule has 7 rings (SSSR count). The quantitative estimate of drug-likeness (QED) is 0.332. The molecule has 0 aromatic heterocycles. The molecule has 6 heteroatoms. The first-order valence-electron chi connectivity index (χ1n) is 10.4. The van der Waals surface area contributed by atoms with Gasteiger partial charge < -0.3 is 0 Å². The average Bonchev–Trinajstić information content (AvgIpc) is 2.66. The van der Waals surface area contributed by atoms with Gasteiger partial charge in [0.25, 0.3) is 0 Å². The van der Waals surface area contributed by atoms with Gasteiger partial charge >= 0.3 is 0 Å². The van der Waals surface area contributed by atoms with Crippen molar-refractivity contribution in [1.82, 2.24) is 0 Å². The summed E-state index contributed by atoms with van der Waals surface area (Å²) in [6, 6.07) is 0. The van der Waals surface area contributed by atoms with Gasteiger partial charge in [-0.3, -0.25) is 0 Å².